The van der Waals surface area contributed by atoms with Gasteiger partial charge >= 0.3 is 18.5 Å². The van der Waals surface area contributed by atoms with Gasteiger partial charge in [-0.2, -0.15) is 39.5 Å². The number of allylic oxidation sites excluding steroid dienone is 2. The first kappa shape index (κ1) is 73.1. The van der Waals surface area contributed by atoms with Crippen molar-refractivity contribution in [2.24, 2.45) is 0 Å². The number of fused-ring (bicyclic) bond motifs is 15. The molecule has 97 heavy (non-hydrogen) atoms. The molecule has 30 heteroatoms. The number of hydrogen-bond acceptors (Lipinski definition) is 20. The Hall–Kier alpha value is -8.16. The smallest absolute Gasteiger partial charge is 0.426 e. The van der Waals surface area contributed by atoms with E-state index in [1.807, 2.05) is 27.7 Å². The first-order valence-electron chi connectivity index (χ1n) is 31.1. The second-order valence-corrected chi connectivity index (χ2v) is 24.5. The van der Waals surface area contributed by atoms with Crippen LogP contribution < -0.4 is 14.2 Å². The molecule has 8 aromatic rings. The second-order valence-electron chi connectivity index (χ2n) is 23.7. The predicted molar refractivity (Wildman–Crippen MR) is 334 cm³/mol. The van der Waals surface area contributed by atoms with Crippen molar-refractivity contribution in [3.05, 3.63) is 164 Å². The molecule has 0 saturated carbocycles. The zero-order valence-electron chi connectivity index (χ0n) is 53.6. The van der Waals surface area contributed by atoms with Crippen LogP contribution in [0.15, 0.2) is 121 Å². The highest BCUT2D eigenvalue weighted by Crippen LogP contribution is 2.49. The number of ether oxygens (including phenoxy) is 5. The van der Waals surface area contributed by atoms with E-state index in [4.69, 9.17) is 36.9 Å². The van der Waals surface area contributed by atoms with E-state index in [1.165, 1.54) is 0 Å². The largest absolute Gasteiger partial charge is 0.474 e. The molecule has 20 nitrogen and oxygen atoms in total. The summed E-state index contributed by atoms with van der Waals surface area (Å²) in [6, 6.07) is 22.2. The average molecular weight is 1430 g/mol. The molecule has 0 radical (unpaired) electrons. The van der Waals surface area contributed by atoms with Gasteiger partial charge in [0.25, 0.3) is 35.3 Å². The molecule has 2 aromatic carbocycles. The van der Waals surface area contributed by atoms with Crippen LogP contribution in [0, 0.1) is 20.8 Å². The Kier molecular flexibility index (Phi) is 23.5. The van der Waals surface area contributed by atoms with Crippen molar-refractivity contribution in [2.45, 2.75) is 192 Å². The summed E-state index contributed by atoms with van der Waals surface area (Å²) in [7, 11) is 0. The van der Waals surface area contributed by atoms with Gasteiger partial charge in [0, 0.05) is 45.1 Å². The number of benzene rings is 2. The van der Waals surface area contributed by atoms with Crippen LogP contribution in [0.4, 0.5) is 39.5 Å². The van der Waals surface area contributed by atoms with Gasteiger partial charge in [-0.25, -0.2) is 15.0 Å². The van der Waals surface area contributed by atoms with Crippen LogP contribution in [-0.2, 0) is 52.7 Å². The van der Waals surface area contributed by atoms with Gasteiger partial charge < -0.3 is 52.3 Å². The van der Waals surface area contributed by atoms with Crippen molar-refractivity contribution < 1.29 is 91.8 Å². The number of hydrogen-bond donors (Lipinski definition) is 3. The topological polar surface area (TPSA) is 262 Å². The van der Waals surface area contributed by atoms with E-state index in [2.05, 4.69) is 61.5 Å². The molecule has 0 saturated heterocycles. The summed E-state index contributed by atoms with van der Waals surface area (Å²) in [5.41, 5.74) is -4.70. The van der Waals surface area contributed by atoms with Crippen LogP contribution >= 0.6 is 15.9 Å². The minimum absolute atomic E-state index is 0.0237. The molecule has 0 amide bonds. The molecular weight excluding hydrogens is 1360 g/mol. The lowest BCUT2D eigenvalue weighted by Crippen LogP contribution is -2.45. The summed E-state index contributed by atoms with van der Waals surface area (Å²) >= 11 is 3.39. The Morgan fingerprint density at radius 2 is 0.897 bits per heavy atom. The summed E-state index contributed by atoms with van der Waals surface area (Å²) in [6.07, 6.45) is -6.94. The molecule has 0 spiro atoms. The Morgan fingerprint density at radius 1 is 0.495 bits per heavy atom. The number of aromatic nitrogens is 9. The molecule has 0 aliphatic carbocycles. The first-order chi connectivity index (χ1) is 46.1. The Balaban J connectivity index is 0.000000172. The fraction of sp³-hybridized carbons (Fsp3) is 0.448. The zero-order valence-corrected chi connectivity index (χ0v) is 55.2. The van der Waals surface area contributed by atoms with Crippen molar-refractivity contribution in [3.63, 3.8) is 0 Å². The first-order valence-corrected chi connectivity index (χ1v) is 31.9. The van der Waals surface area contributed by atoms with E-state index in [9.17, 15) is 54.8 Å². The third-order valence-corrected chi connectivity index (χ3v) is 16.7. The van der Waals surface area contributed by atoms with Gasteiger partial charge in [0.15, 0.2) is 0 Å². The molecule has 3 aliphatic rings. The monoisotopic (exact) mass is 1430 g/mol. The lowest BCUT2D eigenvalue weighted by molar-refractivity contribution is -0.299. The quantitative estimate of drug-likeness (QED) is 0.0943. The van der Waals surface area contributed by atoms with Gasteiger partial charge in [-0.3, -0.25) is 0 Å². The van der Waals surface area contributed by atoms with Crippen LogP contribution in [0.25, 0.3) is 34.8 Å². The SMILES string of the molecule is Cc1cc(Br)c2nc1O[C@H](C)CC=CCC[C@](OCc1ccccc1)(C(F)(F)F)c1nnc-2o1.Cc1cc(CO)c2nc1O[C@H](C)CC=CCC[C@](OCc1ccccc1)(C(F)(F)F)c1nnc-2o1.Cc1cc(CO)c2nc1O[C@H](C)CCCCC[C@](O)(C(F)(F)F)c1nnc-2o1. The van der Waals surface area contributed by atoms with Crippen LogP contribution in [0.3, 0.4) is 0 Å². The lowest BCUT2D eigenvalue weighted by atomic mass is 9.94. The maximum atomic E-state index is 14.7. The van der Waals surface area contributed by atoms with Crippen molar-refractivity contribution >= 4 is 15.9 Å². The minimum Gasteiger partial charge on any atom is -0.474 e. The second kappa shape index (κ2) is 31.1. The third kappa shape index (κ3) is 17.0. The van der Waals surface area contributed by atoms with Crippen molar-refractivity contribution in [3.8, 4) is 52.4 Å². The molecule has 9 heterocycles. The Labute approximate surface area is 559 Å². The number of pyridine rings is 3. The molecule has 11 rings (SSSR count). The summed E-state index contributed by atoms with van der Waals surface area (Å²) in [4.78, 5) is 13.1. The summed E-state index contributed by atoms with van der Waals surface area (Å²) in [5, 5.41) is 52.2. The number of aliphatic hydroxyl groups excluding tert-OH is 2. The molecule has 0 unspecified atom stereocenters. The Morgan fingerprint density at radius 3 is 1.33 bits per heavy atom. The maximum absolute atomic E-state index is 14.7. The highest BCUT2D eigenvalue weighted by molar-refractivity contribution is 9.10. The minimum atomic E-state index is -4.98. The predicted octanol–water partition coefficient (Wildman–Crippen LogP) is 15.5. The summed E-state index contributed by atoms with van der Waals surface area (Å²) in [5.74, 6) is -2.16. The van der Waals surface area contributed by atoms with Gasteiger partial charge in [-0.15, -0.1) is 30.6 Å². The van der Waals surface area contributed by atoms with Crippen LogP contribution in [0.1, 0.15) is 148 Å². The molecule has 6 aromatic heterocycles. The van der Waals surface area contributed by atoms with E-state index in [1.54, 1.807) is 117 Å². The maximum Gasteiger partial charge on any atom is 0.426 e. The van der Waals surface area contributed by atoms with Crippen molar-refractivity contribution in [2.75, 3.05) is 0 Å². The summed E-state index contributed by atoms with van der Waals surface area (Å²) < 4.78 is 174. The average Bonchev–Trinajstić information content (AvgIpc) is 1.75. The molecule has 12 bridgehead atoms. The highest BCUT2D eigenvalue weighted by atomic mass is 79.9. The van der Waals surface area contributed by atoms with E-state index in [0.29, 0.717) is 75.8 Å². The number of aliphatic hydroxyl groups is 3. The third-order valence-electron chi connectivity index (χ3n) is 16.1. The van der Waals surface area contributed by atoms with Gasteiger partial charge in [-0.05, 0) is 138 Å². The molecular formula is C67H71BrF9N9O11. The highest BCUT2D eigenvalue weighted by Gasteiger charge is 2.63. The number of aryl methyl sites for hydroxylation is 3. The number of rotatable bonds is 8. The van der Waals surface area contributed by atoms with Gasteiger partial charge in [0.2, 0.25) is 34.4 Å². The molecule has 3 aliphatic heterocycles. The fourth-order valence-electron chi connectivity index (χ4n) is 10.6. The number of nitrogens with zero attached hydrogens (tertiary/aromatic N) is 9. The van der Waals surface area contributed by atoms with Crippen molar-refractivity contribution in [1.29, 1.82) is 0 Å². The van der Waals surface area contributed by atoms with Gasteiger partial charge in [0.1, 0.15) is 29.3 Å². The molecule has 3 N–H and O–H groups in total. The van der Waals surface area contributed by atoms with E-state index < -0.39 is 85.5 Å². The summed E-state index contributed by atoms with van der Waals surface area (Å²) in [6.45, 7) is 9.47. The van der Waals surface area contributed by atoms with Gasteiger partial charge in [0.05, 0.1) is 32.5 Å². The van der Waals surface area contributed by atoms with E-state index in [0.717, 1.165) is 5.56 Å². The number of halogens is 10. The normalized spacial score (nSPS) is 21.7. The number of alkyl halides is 9. The van der Waals surface area contributed by atoms with Crippen LogP contribution in [-0.4, -0.2) is 97.7 Å². The Bertz CT molecular complexity index is 3990. The van der Waals surface area contributed by atoms with Crippen molar-refractivity contribution in [1.82, 2.24) is 45.5 Å². The molecule has 6 atom stereocenters. The van der Waals surface area contributed by atoms with Crippen LogP contribution in [0.5, 0.6) is 17.6 Å². The standard InChI is InChI=1S/C25H26F3N3O4.C24H23BrF3N3O3.C18H22F3N3O4/c1-16-13-19(14-32)20-22-30-31-23(35-22)24(25(26,27)28,33-15-18-10-6-3-7-11-18)12-8-4-5-9-17(2)34-21(16)29-20;1-15-13-18(25)19-21-30-31-22(34-21)23(24(26,27)28,32-14-17-10-6-3-7-11-17)12-8-4-5-9-16(2)33-20(15)29-19;1-10-8-12(9-25)13-15-23-24-16(28-15)17(26,18(19,20)21)7-5-3-4-6-11(2)27-14(10)22-13/h3-7,10-11,13,17,32H,8-9,12,14-15H2,1-2H3;3-7,10-11,13,16H,8-9,12,14H2,1-2H3;8,11,25-26H,3-7,9H2,1-2H3/t17-,24-;16-,23-;11-,17-/m111/s1. The van der Waals surface area contributed by atoms with E-state index >= 15 is 0 Å². The van der Waals surface area contributed by atoms with Gasteiger partial charge in [-0.1, -0.05) is 91.4 Å². The molecule has 520 valence electrons. The van der Waals surface area contributed by atoms with Crippen LogP contribution in [0.2, 0.25) is 0 Å². The lowest BCUT2D eigenvalue weighted by Gasteiger charge is -2.32. The van der Waals surface area contributed by atoms with E-state index in [-0.39, 0.29) is 97.3 Å². The molecule has 0 fully saturated rings. The zero-order chi connectivity index (χ0) is 69.9. The fourth-order valence-corrected chi connectivity index (χ4v) is 11.2.